The van der Waals surface area contributed by atoms with Gasteiger partial charge in [-0.1, -0.05) is 43.4 Å². The van der Waals surface area contributed by atoms with E-state index in [1.165, 1.54) is 10.6 Å². The van der Waals surface area contributed by atoms with Crippen molar-refractivity contribution < 1.29 is 17.9 Å². The summed E-state index contributed by atoms with van der Waals surface area (Å²) in [5, 5.41) is 7.94. The maximum Gasteiger partial charge on any atom is 0.232 e. The Bertz CT molecular complexity index is 2080. The van der Waals surface area contributed by atoms with Crippen LogP contribution in [-0.2, 0) is 27.9 Å². The van der Waals surface area contributed by atoms with Crippen molar-refractivity contribution >= 4 is 75.2 Å². The summed E-state index contributed by atoms with van der Waals surface area (Å²) in [6, 6.07) is 13.6. The number of nitrogens with one attached hydrogen (secondary N) is 2. The van der Waals surface area contributed by atoms with E-state index in [1.807, 2.05) is 35.0 Å². The highest BCUT2D eigenvalue weighted by Gasteiger charge is 2.30. The van der Waals surface area contributed by atoms with Gasteiger partial charge in [0.15, 0.2) is 5.65 Å². The summed E-state index contributed by atoms with van der Waals surface area (Å²) in [5.74, 6) is 1.45. The highest BCUT2D eigenvalue weighted by molar-refractivity contribution is 7.92. The molecule has 3 aliphatic rings. The molecule has 0 aliphatic carbocycles. The van der Waals surface area contributed by atoms with E-state index in [0.29, 0.717) is 70.6 Å². The fraction of sp³-hybridized carbons (Fsp3) is 0.526. The van der Waals surface area contributed by atoms with Crippen molar-refractivity contribution in [2.45, 2.75) is 57.7 Å². The predicted octanol–water partition coefficient (Wildman–Crippen LogP) is 6.43. The van der Waals surface area contributed by atoms with Gasteiger partial charge >= 0.3 is 0 Å². The van der Waals surface area contributed by atoms with E-state index < -0.39 is 18.1 Å². The van der Waals surface area contributed by atoms with Crippen LogP contribution in [0.25, 0.3) is 11.0 Å². The first-order chi connectivity index (χ1) is 25.8. The van der Waals surface area contributed by atoms with Crippen molar-refractivity contribution in [3.05, 3.63) is 53.2 Å². The van der Waals surface area contributed by atoms with Crippen molar-refractivity contribution in [3.8, 4) is 5.75 Å². The third-order valence-corrected chi connectivity index (χ3v) is 14.0. The van der Waals surface area contributed by atoms with E-state index in [9.17, 15) is 8.42 Å². The fourth-order valence-electron chi connectivity index (χ4n) is 7.68. The summed E-state index contributed by atoms with van der Waals surface area (Å²) < 4.78 is 41.0. The van der Waals surface area contributed by atoms with E-state index in [1.54, 1.807) is 7.11 Å². The van der Waals surface area contributed by atoms with Crippen LogP contribution in [0.15, 0.2) is 42.6 Å². The lowest BCUT2D eigenvalue weighted by molar-refractivity contribution is 0.0899. The van der Waals surface area contributed by atoms with Gasteiger partial charge in [-0.15, -0.1) is 0 Å². The minimum absolute atomic E-state index is 0.274. The molecule has 13 nitrogen and oxygen atoms in total. The molecule has 0 unspecified atom stereocenters. The van der Waals surface area contributed by atoms with E-state index in [4.69, 9.17) is 31.0 Å². The van der Waals surface area contributed by atoms with Gasteiger partial charge in [-0.05, 0) is 56.1 Å². The van der Waals surface area contributed by atoms with Gasteiger partial charge in [0.05, 0.1) is 40.8 Å². The molecule has 0 atom stereocenters. The number of para-hydroxylation sites is 1. The van der Waals surface area contributed by atoms with Gasteiger partial charge < -0.3 is 34.5 Å². The minimum atomic E-state index is -3.50. The van der Waals surface area contributed by atoms with Crippen molar-refractivity contribution in [2.24, 2.45) is 0 Å². The van der Waals surface area contributed by atoms with Gasteiger partial charge in [0.1, 0.15) is 18.3 Å². The maximum atomic E-state index is 12.8. The Balaban J connectivity index is 1.17. The van der Waals surface area contributed by atoms with Crippen molar-refractivity contribution in [1.29, 1.82) is 0 Å². The zero-order chi connectivity index (χ0) is 38.2. The Morgan fingerprint density at radius 1 is 0.963 bits per heavy atom. The van der Waals surface area contributed by atoms with Crippen LogP contribution in [0.3, 0.4) is 0 Å². The van der Waals surface area contributed by atoms with Crippen LogP contribution in [0, 0.1) is 0 Å². The Morgan fingerprint density at radius 2 is 1.72 bits per heavy atom. The zero-order valence-electron chi connectivity index (χ0n) is 32.4. The molecule has 5 heterocycles. The lowest BCUT2D eigenvalue weighted by Gasteiger charge is -2.42. The zero-order valence-corrected chi connectivity index (χ0v) is 34.9. The second-order valence-corrected chi connectivity index (χ2v) is 23.9. The molecule has 7 rings (SSSR count). The molecule has 4 aromatic rings. The molecule has 0 amide bonds. The van der Waals surface area contributed by atoms with Crippen LogP contribution in [0.2, 0.25) is 30.7 Å². The summed E-state index contributed by atoms with van der Waals surface area (Å²) >= 11 is 6.92. The number of aromatic nitrogens is 3. The summed E-state index contributed by atoms with van der Waals surface area (Å²) in [6.07, 6.45) is 5.96. The largest absolute Gasteiger partial charge is 0.494 e. The molecule has 2 N–H and O–H groups in total. The molecule has 292 valence electrons. The molecule has 0 saturated carbocycles. The second kappa shape index (κ2) is 15.9. The van der Waals surface area contributed by atoms with Crippen LogP contribution in [0.4, 0.5) is 34.5 Å². The van der Waals surface area contributed by atoms with Crippen LogP contribution in [-0.4, -0.2) is 120 Å². The number of methoxy groups -OCH3 is 1. The fourth-order valence-corrected chi connectivity index (χ4v) is 9.70. The molecule has 2 aromatic heterocycles. The quantitative estimate of drug-likeness (QED) is 0.115. The number of sulfonamides is 1. The Morgan fingerprint density at radius 3 is 2.43 bits per heavy atom. The van der Waals surface area contributed by atoms with E-state index in [0.717, 1.165) is 75.1 Å². The maximum absolute atomic E-state index is 12.8. The van der Waals surface area contributed by atoms with Gasteiger partial charge in [-0.2, -0.15) is 9.97 Å². The number of anilines is 6. The van der Waals surface area contributed by atoms with E-state index >= 15 is 0 Å². The number of hydrogen-bond acceptors (Lipinski definition) is 11. The van der Waals surface area contributed by atoms with E-state index in [2.05, 4.69) is 64.2 Å². The molecule has 0 bridgehead atoms. The molecule has 3 aliphatic heterocycles. The molecule has 2 fully saturated rings. The van der Waals surface area contributed by atoms with Gasteiger partial charge in [0.2, 0.25) is 16.0 Å². The molecule has 16 heteroatoms. The number of ether oxygens (including phenoxy) is 2. The normalized spacial score (nSPS) is 17.7. The lowest BCUT2D eigenvalue weighted by Crippen LogP contribution is -2.52. The van der Waals surface area contributed by atoms with Crippen molar-refractivity contribution in [2.75, 3.05) is 92.7 Å². The SMILES string of the molecule is COc1cc(N2CCC(N3CCN(C)CC3)CC2)ccc1Nc1nc(Nc2cccc3c2N(S(C)(=O)=O)CC3)c2c(Cl)cn(COCC[Si](C)(C)C)c2n1. The molecular weight excluding hydrogens is 742 g/mol. The summed E-state index contributed by atoms with van der Waals surface area (Å²) in [7, 11) is -0.901. The molecule has 54 heavy (non-hydrogen) atoms. The van der Waals surface area contributed by atoms with Gasteiger partial charge in [-0.3, -0.25) is 9.21 Å². The number of rotatable bonds is 13. The van der Waals surface area contributed by atoms with Crippen LogP contribution in [0.1, 0.15) is 18.4 Å². The first-order valence-corrected chi connectivity index (χ1v) is 24.8. The highest BCUT2D eigenvalue weighted by Crippen LogP contribution is 2.41. The number of benzene rings is 2. The minimum Gasteiger partial charge on any atom is -0.494 e. The van der Waals surface area contributed by atoms with Crippen molar-refractivity contribution in [3.63, 3.8) is 0 Å². The summed E-state index contributed by atoms with van der Waals surface area (Å²) in [4.78, 5) is 17.4. The molecule has 0 radical (unpaired) electrons. The van der Waals surface area contributed by atoms with Gasteiger partial charge in [0, 0.05) is 84.5 Å². The van der Waals surface area contributed by atoms with Crippen LogP contribution >= 0.6 is 11.6 Å². The monoisotopic (exact) mass is 795 g/mol. The Labute approximate surface area is 325 Å². The summed E-state index contributed by atoms with van der Waals surface area (Å²) in [5.41, 5.74) is 4.61. The van der Waals surface area contributed by atoms with E-state index in [-0.39, 0.29) is 6.73 Å². The predicted molar refractivity (Wildman–Crippen MR) is 223 cm³/mol. The number of fused-ring (bicyclic) bond motifs is 2. The van der Waals surface area contributed by atoms with Crippen LogP contribution in [0.5, 0.6) is 5.75 Å². The number of halogens is 1. The molecule has 0 spiro atoms. The average molecular weight is 797 g/mol. The lowest BCUT2D eigenvalue weighted by atomic mass is 10.0. The first-order valence-electron chi connectivity index (χ1n) is 18.9. The molecule has 2 aromatic carbocycles. The highest BCUT2D eigenvalue weighted by atomic mass is 35.5. The third-order valence-electron chi connectivity index (χ3n) is 10.8. The first kappa shape index (κ1) is 38.7. The van der Waals surface area contributed by atoms with Gasteiger partial charge in [-0.25, -0.2) is 8.42 Å². The number of nitrogens with zero attached hydrogens (tertiary/aromatic N) is 7. The molecular formula is C38H54ClN9O4SSi. The van der Waals surface area contributed by atoms with Gasteiger partial charge in [0.25, 0.3) is 0 Å². The topological polar surface area (TPSA) is 120 Å². The standard InChI is InChI=1S/C38H54ClN9O4SSi/c1-44-18-20-46(21-19-44)28-13-15-45(16-14-28)29-10-11-31(33(24-29)51-2)41-38-42-36(40-32-9-7-8-27-12-17-48(35(27)32)53(3,49)50)34-30(39)25-47(37(34)43-38)26-52-22-23-54(4,5)6/h7-11,24-25,28H,12-23,26H2,1-6H3,(H2,40,41,42,43). The average Bonchev–Trinajstić information content (AvgIpc) is 3.72. The number of likely N-dealkylation sites (N-methyl/N-ethyl adjacent to an activating group) is 1. The number of piperidine rings is 1. The summed E-state index contributed by atoms with van der Waals surface area (Å²) in [6.45, 7) is 14.8. The molecule has 2 saturated heterocycles. The van der Waals surface area contributed by atoms with Crippen molar-refractivity contribution in [1.82, 2.24) is 24.3 Å². The number of hydrogen-bond donors (Lipinski definition) is 2. The second-order valence-electron chi connectivity index (χ2n) is 16.0. The third kappa shape index (κ3) is 8.61. The van der Waals surface area contributed by atoms with Crippen LogP contribution < -0.4 is 24.6 Å². The number of piperazine rings is 1. The Hall–Kier alpha value is -3.60. The Kier molecular flexibility index (Phi) is 11.4. The smallest absolute Gasteiger partial charge is 0.232 e.